The number of aliphatic hydroxyl groups excluding tert-OH is 1. The minimum atomic E-state index is -0.994. The average Bonchev–Trinajstić information content (AvgIpc) is 3.41. The van der Waals surface area contributed by atoms with E-state index in [1.807, 2.05) is 25.1 Å². The lowest BCUT2D eigenvalue weighted by Crippen LogP contribution is -2.29. The fourth-order valence-electron chi connectivity index (χ4n) is 4.51. The molecule has 0 radical (unpaired) electrons. The quantitative estimate of drug-likeness (QED) is 0.238. The molecule has 1 aromatic heterocycles. The highest BCUT2D eigenvalue weighted by Crippen LogP contribution is 2.45. The molecule has 1 saturated heterocycles. The fraction of sp³-hybridized carbons (Fsp3) is 0.148. The number of anilines is 1. The van der Waals surface area contributed by atoms with Crippen LogP contribution >= 0.6 is 11.3 Å². The molecule has 1 unspecified atom stereocenters. The predicted molar refractivity (Wildman–Crippen MR) is 135 cm³/mol. The first-order valence-electron chi connectivity index (χ1n) is 11.3. The highest BCUT2D eigenvalue weighted by Gasteiger charge is 2.48. The molecule has 1 fully saturated rings. The first-order valence-corrected chi connectivity index (χ1v) is 12.1. The molecule has 6 rings (SSSR count). The number of hydrogen-bond donors (Lipinski definition) is 2. The van der Waals surface area contributed by atoms with Gasteiger partial charge < -0.3 is 19.7 Å². The second-order valence-corrected chi connectivity index (χ2v) is 9.60. The van der Waals surface area contributed by atoms with Gasteiger partial charge in [0.05, 0.1) is 21.8 Å². The summed E-state index contributed by atoms with van der Waals surface area (Å²) in [7, 11) is 0. The molecular weight excluding hydrogens is 480 g/mol. The summed E-state index contributed by atoms with van der Waals surface area (Å²) in [6.45, 7) is 2.75. The van der Waals surface area contributed by atoms with Crippen LogP contribution in [0.25, 0.3) is 16.0 Å². The zero-order chi connectivity index (χ0) is 25.0. The number of hydrogen-bond acceptors (Lipinski definition) is 8. The van der Waals surface area contributed by atoms with Crippen LogP contribution in [-0.4, -0.2) is 40.1 Å². The Morgan fingerprint density at radius 3 is 2.64 bits per heavy atom. The van der Waals surface area contributed by atoms with E-state index in [0.717, 1.165) is 10.3 Å². The van der Waals surface area contributed by atoms with Gasteiger partial charge in [-0.1, -0.05) is 29.5 Å². The van der Waals surface area contributed by atoms with Crippen molar-refractivity contribution in [3.63, 3.8) is 0 Å². The lowest BCUT2D eigenvalue weighted by molar-refractivity contribution is -0.132. The number of aromatic hydroxyl groups is 1. The summed E-state index contributed by atoms with van der Waals surface area (Å²) in [5.41, 5.74) is 2.41. The third kappa shape index (κ3) is 3.56. The molecule has 36 heavy (non-hydrogen) atoms. The molecular formula is C27H20N2O6S. The van der Waals surface area contributed by atoms with Gasteiger partial charge in [-0.2, -0.15) is 0 Å². The topological polar surface area (TPSA) is 109 Å². The third-order valence-corrected chi connectivity index (χ3v) is 7.20. The molecule has 2 aliphatic heterocycles. The molecule has 0 aliphatic carbocycles. The van der Waals surface area contributed by atoms with Gasteiger partial charge in [-0.25, -0.2) is 4.98 Å². The lowest BCUT2D eigenvalue weighted by Gasteiger charge is -2.23. The number of fused-ring (bicyclic) bond motifs is 2. The van der Waals surface area contributed by atoms with E-state index in [9.17, 15) is 19.8 Å². The van der Waals surface area contributed by atoms with Gasteiger partial charge in [-0.15, -0.1) is 0 Å². The van der Waals surface area contributed by atoms with Gasteiger partial charge in [0.25, 0.3) is 5.78 Å². The Labute approximate surface area is 209 Å². The summed E-state index contributed by atoms with van der Waals surface area (Å²) in [4.78, 5) is 32.7. The van der Waals surface area contributed by atoms with E-state index in [1.165, 1.54) is 28.4 Å². The van der Waals surface area contributed by atoms with Crippen LogP contribution in [0, 0.1) is 6.92 Å². The molecule has 1 amide bonds. The van der Waals surface area contributed by atoms with Crippen molar-refractivity contribution in [2.45, 2.75) is 13.0 Å². The van der Waals surface area contributed by atoms with Crippen molar-refractivity contribution in [3.8, 4) is 17.2 Å². The summed E-state index contributed by atoms with van der Waals surface area (Å²) in [5.74, 6) is -1.05. The standard InChI is InChI=1S/C27H20N2O6S/c1-14-5-7-18-21(11-14)36-27(28-18)29-23(15-3-2-4-17(30)12-15)22(25(32)26(29)33)24(31)16-6-8-19-20(13-16)35-10-9-34-19/h2-8,11-13,23,30-31H,9-10H2,1H3. The summed E-state index contributed by atoms with van der Waals surface area (Å²) in [6, 6.07) is 15.9. The van der Waals surface area contributed by atoms with Gasteiger partial charge in [-0.05, 0) is 60.5 Å². The SMILES string of the molecule is Cc1ccc2nc(N3C(=O)C(=O)C(=C(O)c4ccc5c(c4)OCCO5)C3c3cccc(O)c3)sc2c1. The van der Waals surface area contributed by atoms with E-state index >= 15 is 0 Å². The van der Waals surface area contributed by atoms with E-state index in [0.29, 0.717) is 46.5 Å². The number of ketones is 1. The van der Waals surface area contributed by atoms with E-state index in [2.05, 4.69) is 4.98 Å². The minimum Gasteiger partial charge on any atom is -0.508 e. The minimum absolute atomic E-state index is 0.0302. The Morgan fingerprint density at radius 1 is 1.03 bits per heavy atom. The second-order valence-electron chi connectivity index (χ2n) is 8.59. The zero-order valence-electron chi connectivity index (χ0n) is 19.1. The maximum absolute atomic E-state index is 13.4. The highest BCUT2D eigenvalue weighted by atomic mass is 32.1. The zero-order valence-corrected chi connectivity index (χ0v) is 19.9. The van der Waals surface area contributed by atoms with Crippen molar-refractivity contribution in [2.24, 2.45) is 0 Å². The number of ether oxygens (including phenoxy) is 2. The van der Waals surface area contributed by atoms with E-state index in [1.54, 1.807) is 30.3 Å². The third-order valence-electron chi connectivity index (χ3n) is 6.18. The Kier molecular flexibility index (Phi) is 5.15. The molecule has 4 aromatic rings. The van der Waals surface area contributed by atoms with Gasteiger partial charge in [0.1, 0.15) is 24.7 Å². The fourth-order valence-corrected chi connectivity index (χ4v) is 5.60. The molecule has 2 aliphatic rings. The summed E-state index contributed by atoms with van der Waals surface area (Å²) >= 11 is 1.28. The molecule has 2 N–H and O–H groups in total. The van der Waals surface area contributed by atoms with Gasteiger partial charge in [-0.3, -0.25) is 14.5 Å². The number of phenols is 1. The smallest absolute Gasteiger partial charge is 0.301 e. The first kappa shape index (κ1) is 22.1. The largest absolute Gasteiger partial charge is 0.508 e. The Bertz CT molecular complexity index is 1590. The molecule has 3 heterocycles. The molecule has 8 nitrogen and oxygen atoms in total. The first-order chi connectivity index (χ1) is 17.4. The Morgan fingerprint density at radius 2 is 1.83 bits per heavy atom. The number of carbonyl (C=O) groups excluding carboxylic acids is 2. The number of rotatable bonds is 3. The number of nitrogens with zero attached hydrogens (tertiary/aromatic N) is 2. The number of aryl methyl sites for hydroxylation is 1. The number of Topliss-reactive ketones (excluding diaryl/α,β-unsaturated/α-hetero) is 1. The number of aromatic nitrogens is 1. The number of phenolic OH excluding ortho intramolecular Hbond substituents is 1. The van der Waals surface area contributed by atoms with E-state index < -0.39 is 17.7 Å². The van der Waals surface area contributed by atoms with Crippen LogP contribution in [0.5, 0.6) is 17.2 Å². The van der Waals surface area contributed by atoms with Crippen LogP contribution in [0.3, 0.4) is 0 Å². The number of aliphatic hydroxyl groups is 1. The van der Waals surface area contributed by atoms with Gasteiger partial charge >= 0.3 is 5.91 Å². The van der Waals surface area contributed by atoms with Crippen molar-refractivity contribution in [2.75, 3.05) is 18.1 Å². The van der Waals surface area contributed by atoms with Crippen LogP contribution in [0.15, 0.2) is 66.2 Å². The number of amides is 1. The van der Waals surface area contributed by atoms with Gasteiger partial charge in [0.15, 0.2) is 16.6 Å². The van der Waals surface area contributed by atoms with Crippen molar-refractivity contribution in [3.05, 3.63) is 82.9 Å². The number of carbonyl (C=O) groups is 2. The molecule has 0 spiro atoms. The van der Waals surface area contributed by atoms with Crippen molar-refractivity contribution in [1.29, 1.82) is 0 Å². The van der Waals surface area contributed by atoms with Crippen LogP contribution in [0.1, 0.15) is 22.7 Å². The van der Waals surface area contributed by atoms with E-state index in [-0.39, 0.29) is 17.1 Å². The predicted octanol–water partition coefficient (Wildman–Crippen LogP) is 4.71. The van der Waals surface area contributed by atoms with Crippen LogP contribution in [0.4, 0.5) is 5.13 Å². The second kappa shape index (κ2) is 8.39. The van der Waals surface area contributed by atoms with Crippen molar-refractivity contribution in [1.82, 2.24) is 4.98 Å². The number of thiazole rings is 1. The maximum atomic E-state index is 13.4. The van der Waals surface area contributed by atoms with Crippen LogP contribution in [-0.2, 0) is 9.59 Å². The molecule has 3 aromatic carbocycles. The van der Waals surface area contributed by atoms with Crippen LogP contribution in [0.2, 0.25) is 0 Å². The van der Waals surface area contributed by atoms with Gasteiger partial charge in [0, 0.05) is 5.56 Å². The Balaban J connectivity index is 1.54. The van der Waals surface area contributed by atoms with Crippen molar-refractivity contribution < 1.29 is 29.3 Å². The molecule has 180 valence electrons. The maximum Gasteiger partial charge on any atom is 0.301 e. The monoisotopic (exact) mass is 500 g/mol. The highest BCUT2D eigenvalue weighted by molar-refractivity contribution is 7.22. The summed E-state index contributed by atoms with van der Waals surface area (Å²) in [6.07, 6.45) is 0. The lowest BCUT2D eigenvalue weighted by atomic mass is 9.95. The summed E-state index contributed by atoms with van der Waals surface area (Å²) < 4.78 is 12.0. The average molecular weight is 501 g/mol. The summed E-state index contributed by atoms with van der Waals surface area (Å²) in [5, 5.41) is 21.9. The molecule has 0 saturated carbocycles. The van der Waals surface area contributed by atoms with Crippen LogP contribution < -0.4 is 14.4 Å². The molecule has 1 atom stereocenters. The van der Waals surface area contributed by atoms with E-state index in [4.69, 9.17) is 9.47 Å². The van der Waals surface area contributed by atoms with Gasteiger partial charge in [0.2, 0.25) is 0 Å². The number of benzene rings is 3. The molecule has 9 heteroatoms. The molecule has 0 bridgehead atoms. The Hall–Kier alpha value is -4.37. The van der Waals surface area contributed by atoms with Crippen molar-refractivity contribution >= 4 is 44.1 Å². The normalized spacial score (nSPS) is 18.7.